The smallest absolute Gasteiger partial charge is 0.252 e. The summed E-state index contributed by atoms with van der Waals surface area (Å²) in [6, 6.07) is 3.53. The molecule has 2 heterocycles. The van der Waals surface area contributed by atoms with Crippen LogP contribution in [0.4, 0.5) is 13.8 Å². The summed E-state index contributed by atoms with van der Waals surface area (Å²) in [7, 11) is 1.57. The fraction of sp³-hybridized carbons (Fsp3) is 0.429. The van der Waals surface area contributed by atoms with Gasteiger partial charge in [-0.15, -0.1) is 6.42 Å². The first-order chi connectivity index (χ1) is 13.9. The van der Waals surface area contributed by atoms with Gasteiger partial charge in [0, 0.05) is 41.7 Å². The van der Waals surface area contributed by atoms with Gasteiger partial charge in [0.15, 0.2) is 5.00 Å². The van der Waals surface area contributed by atoms with Crippen molar-refractivity contribution in [3.63, 3.8) is 0 Å². The van der Waals surface area contributed by atoms with Gasteiger partial charge >= 0.3 is 0 Å². The zero-order valence-corrected chi connectivity index (χ0v) is 18.0. The zero-order chi connectivity index (χ0) is 21.0. The fourth-order valence-electron chi connectivity index (χ4n) is 2.85. The highest BCUT2D eigenvalue weighted by molar-refractivity contribution is 7.99. The third kappa shape index (κ3) is 5.09. The van der Waals surface area contributed by atoms with E-state index in [1.807, 2.05) is 24.0 Å². The van der Waals surface area contributed by atoms with Crippen LogP contribution in [0.25, 0.3) is 10.6 Å². The first-order valence-corrected chi connectivity index (χ1v) is 11.2. The summed E-state index contributed by atoms with van der Waals surface area (Å²) in [6.45, 7) is 6.11. The maximum absolute atomic E-state index is 13.0. The van der Waals surface area contributed by atoms with Crippen LogP contribution in [0.2, 0.25) is 0 Å². The van der Waals surface area contributed by atoms with E-state index in [2.05, 4.69) is 22.5 Å². The highest BCUT2D eigenvalue weighted by Gasteiger charge is 2.56. The Morgan fingerprint density at radius 2 is 2.34 bits per heavy atom. The molecule has 0 spiro atoms. The molecule has 0 aliphatic heterocycles. The van der Waals surface area contributed by atoms with Gasteiger partial charge in [-0.25, -0.2) is 8.78 Å². The molecule has 8 heteroatoms. The number of nitrogens with zero attached hydrogens (tertiary/aromatic N) is 3. The summed E-state index contributed by atoms with van der Waals surface area (Å²) >= 11 is 2.99. The van der Waals surface area contributed by atoms with Gasteiger partial charge in [0.1, 0.15) is 5.01 Å². The van der Waals surface area contributed by atoms with E-state index in [-0.39, 0.29) is 12.5 Å². The lowest BCUT2D eigenvalue weighted by atomic mass is 10.2. The van der Waals surface area contributed by atoms with E-state index >= 15 is 0 Å². The SMILES string of the molecule is C#CC(C)N(C(=C)CCSCC1CC1(F)F)c1sc(-c2cccnc2)nc1OC. The lowest BCUT2D eigenvalue weighted by Crippen LogP contribution is -2.30. The Morgan fingerprint density at radius 3 is 2.93 bits per heavy atom. The van der Waals surface area contributed by atoms with Crippen molar-refractivity contribution in [2.24, 2.45) is 5.92 Å². The number of methoxy groups -OCH3 is 1. The number of hydrogen-bond acceptors (Lipinski definition) is 6. The quantitative estimate of drug-likeness (QED) is 0.372. The molecule has 0 saturated heterocycles. The average Bonchev–Trinajstić information content (AvgIpc) is 3.13. The Bertz CT molecular complexity index is 895. The summed E-state index contributed by atoms with van der Waals surface area (Å²) in [5.41, 5.74) is 1.70. The number of rotatable bonds is 10. The van der Waals surface area contributed by atoms with Gasteiger partial charge in [-0.05, 0) is 31.2 Å². The van der Waals surface area contributed by atoms with Gasteiger partial charge in [0.25, 0.3) is 5.92 Å². The number of thiazole rings is 1. The Kier molecular flexibility index (Phi) is 6.81. The number of terminal acetylenes is 1. The minimum Gasteiger partial charge on any atom is -0.479 e. The average molecular weight is 436 g/mol. The number of ether oxygens (including phenoxy) is 1. The number of thioether (sulfide) groups is 1. The largest absolute Gasteiger partial charge is 0.479 e. The van der Waals surface area contributed by atoms with Crippen LogP contribution in [-0.2, 0) is 0 Å². The minimum absolute atomic E-state index is 0.0103. The molecule has 0 amide bonds. The molecule has 1 aliphatic carbocycles. The van der Waals surface area contributed by atoms with E-state index in [4.69, 9.17) is 11.2 Å². The molecule has 3 rings (SSSR count). The molecule has 2 aromatic rings. The number of pyridine rings is 1. The van der Waals surface area contributed by atoms with Crippen LogP contribution in [0, 0.1) is 18.3 Å². The standard InChI is InChI=1S/C21H23F2N3OS2/c1-5-14(2)26(15(3)8-10-28-13-17-11-21(17,22)23)20-18(27-4)25-19(29-20)16-7-6-9-24-12-16/h1,6-7,9,12,14,17H,3,8,10-11,13H2,2,4H3. The number of anilines is 1. The van der Waals surface area contributed by atoms with E-state index in [0.717, 1.165) is 21.3 Å². The number of alkyl halides is 2. The van der Waals surface area contributed by atoms with Crippen molar-refractivity contribution in [1.29, 1.82) is 0 Å². The fourth-order valence-corrected chi connectivity index (χ4v) is 5.20. The van der Waals surface area contributed by atoms with Crippen molar-refractivity contribution in [2.75, 3.05) is 23.5 Å². The van der Waals surface area contributed by atoms with Crippen molar-refractivity contribution in [2.45, 2.75) is 31.7 Å². The van der Waals surface area contributed by atoms with Gasteiger partial charge in [0.05, 0.1) is 13.2 Å². The van der Waals surface area contributed by atoms with E-state index in [9.17, 15) is 8.78 Å². The summed E-state index contributed by atoms with van der Waals surface area (Å²) < 4.78 is 31.5. The Balaban J connectivity index is 1.73. The molecular formula is C21H23F2N3OS2. The molecule has 0 bridgehead atoms. The molecule has 154 valence electrons. The van der Waals surface area contributed by atoms with Gasteiger partial charge in [-0.3, -0.25) is 4.98 Å². The molecule has 1 fully saturated rings. The molecule has 0 aromatic carbocycles. The molecule has 2 unspecified atom stereocenters. The maximum atomic E-state index is 13.0. The lowest BCUT2D eigenvalue weighted by molar-refractivity contribution is 0.103. The summed E-state index contributed by atoms with van der Waals surface area (Å²) in [4.78, 5) is 10.7. The maximum Gasteiger partial charge on any atom is 0.252 e. The second-order valence-corrected chi connectivity index (χ2v) is 8.97. The Labute approximate surface area is 178 Å². The number of halogens is 2. The third-order valence-electron chi connectivity index (χ3n) is 4.68. The molecule has 0 radical (unpaired) electrons. The Morgan fingerprint density at radius 1 is 1.59 bits per heavy atom. The molecule has 2 aromatic heterocycles. The van der Waals surface area contributed by atoms with Crippen molar-refractivity contribution in [3.8, 4) is 28.8 Å². The van der Waals surface area contributed by atoms with Crippen LogP contribution in [0.5, 0.6) is 5.88 Å². The molecule has 1 aliphatic rings. The van der Waals surface area contributed by atoms with Crippen LogP contribution >= 0.6 is 23.1 Å². The second-order valence-electron chi connectivity index (χ2n) is 6.84. The molecule has 0 N–H and O–H groups in total. The van der Waals surface area contributed by atoms with E-state index < -0.39 is 11.8 Å². The number of allylic oxidation sites excluding steroid dienone is 1. The minimum atomic E-state index is -2.47. The van der Waals surface area contributed by atoms with Crippen LogP contribution in [0.15, 0.2) is 36.8 Å². The highest BCUT2D eigenvalue weighted by Crippen LogP contribution is 2.50. The first kappa shape index (κ1) is 21.6. The Hall–Kier alpha value is -2.11. The second kappa shape index (κ2) is 9.14. The van der Waals surface area contributed by atoms with Crippen molar-refractivity contribution in [3.05, 3.63) is 36.8 Å². The van der Waals surface area contributed by atoms with E-state index in [1.165, 1.54) is 23.1 Å². The highest BCUT2D eigenvalue weighted by atomic mass is 32.2. The van der Waals surface area contributed by atoms with Crippen molar-refractivity contribution in [1.82, 2.24) is 9.97 Å². The topological polar surface area (TPSA) is 38.2 Å². The first-order valence-electron chi connectivity index (χ1n) is 9.21. The number of hydrogen-bond donors (Lipinski definition) is 0. The van der Waals surface area contributed by atoms with Gasteiger partial charge in [-0.1, -0.05) is 23.8 Å². The molecule has 4 nitrogen and oxygen atoms in total. The monoisotopic (exact) mass is 435 g/mol. The predicted octanol–water partition coefficient (Wildman–Crippen LogP) is 5.33. The van der Waals surface area contributed by atoms with E-state index in [0.29, 0.717) is 23.8 Å². The summed E-state index contributed by atoms with van der Waals surface area (Å²) in [5, 5.41) is 1.55. The van der Waals surface area contributed by atoms with Crippen molar-refractivity contribution < 1.29 is 13.5 Å². The zero-order valence-electron chi connectivity index (χ0n) is 16.4. The van der Waals surface area contributed by atoms with Crippen LogP contribution in [0.1, 0.15) is 19.8 Å². The normalized spacial score (nSPS) is 18.0. The van der Waals surface area contributed by atoms with Crippen molar-refractivity contribution >= 4 is 28.1 Å². The van der Waals surface area contributed by atoms with Crippen LogP contribution < -0.4 is 9.64 Å². The predicted molar refractivity (Wildman–Crippen MR) is 117 cm³/mol. The summed E-state index contributed by atoms with van der Waals surface area (Å²) in [5.74, 6) is 1.45. The van der Waals surface area contributed by atoms with Gasteiger partial charge < -0.3 is 9.64 Å². The van der Waals surface area contributed by atoms with Gasteiger partial charge in [0.2, 0.25) is 5.88 Å². The third-order valence-corrected chi connectivity index (χ3v) is 6.89. The molecular weight excluding hydrogens is 412 g/mol. The number of aromatic nitrogens is 2. The van der Waals surface area contributed by atoms with E-state index in [1.54, 1.807) is 19.5 Å². The molecule has 2 atom stereocenters. The lowest BCUT2D eigenvalue weighted by Gasteiger charge is -2.28. The summed E-state index contributed by atoms with van der Waals surface area (Å²) in [6.07, 6.45) is 9.80. The van der Waals surface area contributed by atoms with Crippen LogP contribution in [-0.4, -0.2) is 40.5 Å². The molecule has 29 heavy (non-hydrogen) atoms. The van der Waals surface area contributed by atoms with Crippen LogP contribution in [0.3, 0.4) is 0 Å². The molecule has 1 saturated carbocycles. The van der Waals surface area contributed by atoms with Gasteiger partial charge in [-0.2, -0.15) is 16.7 Å².